The lowest BCUT2D eigenvalue weighted by molar-refractivity contribution is 0.391. The van der Waals surface area contributed by atoms with Crippen molar-refractivity contribution in [1.82, 2.24) is 20.1 Å². The van der Waals surface area contributed by atoms with Gasteiger partial charge in [-0.2, -0.15) is 4.98 Å². The van der Waals surface area contributed by atoms with E-state index in [4.69, 9.17) is 16.1 Å². The maximum absolute atomic E-state index is 13.2. The summed E-state index contributed by atoms with van der Waals surface area (Å²) in [6.45, 7) is 0. The first-order valence-electron chi connectivity index (χ1n) is 7.14. The number of benzene rings is 2. The van der Waals surface area contributed by atoms with Gasteiger partial charge in [0.1, 0.15) is 0 Å². The average Bonchev–Trinajstić information content (AvgIpc) is 3.20. The summed E-state index contributed by atoms with van der Waals surface area (Å²) in [6.07, 6.45) is 0. The Morgan fingerprint density at radius 3 is 2.80 bits per heavy atom. The van der Waals surface area contributed by atoms with E-state index in [2.05, 4.69) is 20.1 Å². The number of fused-ring (bicyclic) bond motifs is 1. The molecule has 4 rings (SSSR count). The van der Waals surface area contributed by atoms with Crippen molar-refractivity contribution in [2.75, 3.05) is 0 Å². The van der Waals surface area contributed by atoms with E-state index in [9.17, 15) is 8.78 Å². The van der Waals surface area contributed by atoms with E-state index in [0.29, 0.717) is 38.7 Å². The number of nitrogens with one attached hydrogen (secondary N) is 1. The second kappa shape index (κ2) is 6.45. The minimum absolute atomic E-state index is 0.353. The molecule has 126 valence electrons. The molecule has 2 aromatic heterocycles. The van der Waals surface area contributed by atoms with Crippen LogP contribution in [0.4, 0.5) is 8.78 Å². The van der Waals surface area contributed by atoms with E-state index in [1.165, 1.54) is 11.8 Å². The molecule has 0 saturated heterocycles. The largest absolute Gasteiger partial charge is 0.338 e. The van der Waals surface area contributed by atoms with Crippen molar-refractivity contribution < 1.29 is 13.3 Å². The van der Waals surface area contributed by atoms with Crippen LogP contribution in [0.15, 0.2) is 46.1 Å². The molecule has 1 N–H and O–H groups in total. The molecule has 2 heterocycles. The molecule has 9 heteroatoms. The highest BCUT2D eigenvalue weighted by Gasteiger charge is 2.12. The van der Waals surface area contributed by atoms with Crippen LogP contribution in [0.3, 0.4) is 0 Å². The fourth-order valence-electron chi connectivity index (χ4n) is 2.24. The van der Waals surface area contributed by atoms with Crippen molar-refractivity contribution in [3.63, 3.8) is 0 Å². The van der Waals surface area contributed by atoms with Crippen LogP contribution in [0, 0.1) is 11.6 Å². The molecule has 0 spiro atoms. The van der Waals surface area contributed by atoms with Gasteiger partial charge in [0, 0.05) is 22.7 Å². The summed E-state index contributed by atoms with van der Waals surface area (Å²) < 4.78 is 31.7. The van der Waals surface area contributed by atoms with Crippen molar-refractivity contribution in [3.05, 3.63) is 58.9 Å². The Morgan fingerprint density at radius 1 is 1.12 bits per heavy atom. The van der Waals surface area contributed by atoms with E-state index >= 15 is 0 Å². The van der Waals surface area contributed by atoms with Gasteiger partial charge in [0.2, 0.25) is 11.7 Å². The number of imidazole rings is 1. The smallest absolute Gasteiger partial charge is 0.237 e. The number of aromatic nitrogens is 4. The van der Waals surface area contributed by atoms with Gasteiger partial charge < -0.3 is 9.51 Å². The third-order valence-corrected chi connectivity index (χ3v) is 4.48. The van der Waals surface area contributed by atoms with Crippen molar-refractivity contribution in [3.8, 4) is 11.4 Å². The summed E-state index contributed by atoms with van der Waals surface area (Å²) in [6, 6.07) is 9.26. The van der Waals surface area contributed by atoms with Gasteiger partial charge in [-0.05, 0) is 12.1 Å². The first-order chi connectivity index (χ1) is 12.1. The normalized spacial score (nSPS) is 11.3. The van der Waals surface area contributed by atoms with Crippen LogP contribution >= 0.6 is 23.4 Å². The number of nitrogens with zero attached hydrogens (tertiary/aromatic N) is 3. The number of rotatable bonds is 4. The van der Waals surface area contributed by atoms with Gasteiger partial charge >= 0.3 is 0 Å². The average molecular weight is 379 g/mol. The Bertz CT molecular complexity index is 1030. The van der Waals surface area contributed by atoms with Gasteiger partial charge in [0.25, 0.3) is 0 Å². The zero-order valence-electron chi connectivity index (χ0n) is 12.5. The summed E-state index contributed by atoms with van der Waals surface area (Å²) in [4.78, 5) is 11.4. The highest BCUT2D eigenvalue weighted by atomic mass is 35.5. The summed E-state index contributed by atoms with van der Waals surface area (Å²) in [5.41, 5.74) is 1.53. The molecule has 0 bridgehead atoms. The maximum atomic E-state index is 13.2. The predicted molar refractivity (Wildman–Crippen MR) is 90.3 cm³/mol. The fraction of sp³-hybridized carbons (Fsp3) is 0.0625. The van der Waals surface area contributed by atoms with Crippen LogP contribution in [0.25, 0.3) is 22.4 Å². The Kier molecular flexibility index (Phi) is 4.14. The topological polar surface area (TPSA) is 67.6 Å². The molecular formula is C16H9ClF2N4OS. The molecule has 0 aliphatic carbocycles. The Balaban J connectivity index is 1.50. The number of H-pyrrole nitrogens is 1. The molecule has 0 atom stereocenters. The minimum Gasteiger partial charge on any atom is -0.338 e. The summed E-state index contributed by atoms with van der Waals surface area (Å²) in [5.74, 6) is -0.655. The lowest BCUT2D eigenvalue weighted by atomic mass is 10.2. The Labute approximate surface area is 149 Å². The lowest BCUT2D eigenvalue weighted by Gasteiger charge is -1.94. The van der Waals surface area contributed by atoms with Crippen molar-refractivity contribution >= 4 is 34.4 Å². The summed E-state index contributed by atoms with van der Waals surface area (Å²) >= 11 is 7.24. The third-order valence-electron chi connectivity index (χ3n) is 3.39. The van der Waals surface area contributed by atoms with Gasteiger partial charge in [0.05, 0.1) is 16.8 Å². The highest BCUT2D eigenvalue weighted by Crippen LogP contribution is 2.25. The first kappa shape index (κ1) is 16.0. The van der Waals surface area contributed by atoms with E-state index in [1.54, 1.807) is 18.2 Å². The molecule has 5 nitrogen and oxygen atoms in total. The predicted octanol–water partition coefficient (Wildman–Crippen LogP) is 4.84. The zero-order valence-corrected chi connectivity index (χ0v) is 14.0. The van der Waals surface area contributed by atoms with Gasteiger partial charge in [-0.25, -0.2) is 13.8 Å². The van der Waals surface area contributed by atoms with Crippen LogP contribution in [-0.4, -0.2) is 20.1 Å². The number of thioether (sulfide) groups is 1. The van der Waals surface area contributed by atoms with E-state index < -0.39 is 11.6 Å². The van der Waals surface area contributed by atoms with Crippen LogP contribution in [0.1, 0.15) is 5.89 Å². The number of hydrogen-bond acceptors (Lipinski definition) is 5. The molecule has 0 aliphatic rings. The van der Waals surface area contributed by atoms with Crippen LogP contribution in [-0.2, 0) is 5.75 Å². The molecule has 2 aromatic carbocycles. The van der Waals surface area contributed by atoms with Crippen molar-refractivity contribution in [2.45, 2.75) is 10.9 Å². The molecule has 0 unspecified atom stereocenters. The molecule has 25 heavy (non-hydrogen) atoms. The first-order valence-corrected chi connectivity index (χ1v) is 8.51. The second-order valence-electron chi connectivity index (χ2n) is 5.14. The summed E-state index contributed by atoms with van der Waals surface area (Å²) in [5, 5.41) is 5.00. The summed E-state index contributed by atoms with van der Waals surface area (Å²) in [7, 11) is 0. The molecule has 0 saturated carbocycles. The molecular weight excluding hydrogens is 370 g/mol. The fourth-order valence-corrected chi connectivity index (χ4v) is 3.15. The van der Waals surface area contributed by atoms with Gasteiger partial charge in [-0.15, -0.1) is 0 Å². The third kappa shape index (κ3) is 3.35. The standard InChI is InChI=1S/C16H9ClF2N4OS/c17-9-3-1-2-8(4-9)15-22-14(24-23-15)7-25-16-20-12-5-10(18)11(19)6-13(12)21-16/h1-6H,7H2,(H,20,21). The van der Waals surface area contributed by atoms with E-state index in [0.717, 1.165) is 17.7 Å². The van der Waals surface area contributed by atoms with Gasteiger partial charge in [0.15, 0.2) is 16.8 Å². The maximum Gasteiger partial charge on any atom is 0.237 e. The van der Waals surface area contributed by atoms with Crippen molar-refractivity contribution in [2.24, 2.45) is 0 Å². The van der Waals surface area contributed by atoms with Gasteiger partial charge in [-0.3, -0.25) is 0 Å². The van der Waals surface area contributed by atoms with E-state index in [-0.39, 0.29) is 0 Å². The van der Waals surface area contributed by atoms with Crippen LogP contribution in [0.2, 0.25) is 5.02 Å². The van der Waals surface area contributed by atoms with Gasteiger partial charge in [-0.1, -0.05) is 40.7 Å². The number of hydrogen-bond donors (Lipinski definition) is 1. The molecule has 0 amide bonds. The number of aromatic amines is 1. The Hall–Kier alpha value is -2.45. The highest BCUT2D eigenvalue weighted by molar-refractivity contribution is 7.98. The molecule has 0 fully saturated rings. The lowest BCUT2D eigenvalue weighted by Crippen LogP contribution is -1.83. The van der Waals surface area contributed by atoms with E-state index in [1.807, 2.05) is 6.07 Å². The molecule has 4 aromatic rings. The SMILES string of the molecule is Fc1cc2nc(SCc3nc(-c4cccc(Cl)c4)no3)[nH]c2cc1F. The quantitative estimate of drug-likeness (QED) is 0.515. The molecule has 0 radical (unpaired) electrons. The second-order valence-corrected chi connectivity index (χ2v) is 6.54. The monoisotopic (exact) mass is 378 g/mol. The minimum atomic E-state index is -0.932. The van der Waals surface area contributed by atoms with Crippen LogP contribution < -0.4 is 0 Å². The molecule has 0 aliphatic heterocycles. The zero-order chi connectivity index (χ0) is 17.4. The van der Waals surface area contributed by atoms with Crippen LogP contribution in [0.5, 0.6) is 0 Å². The Morgan fingerprint density at radius 2 is 1.96 bits per heavy atom. The van der Waals surface area contributed by atoms with Crippen molar-refractivity contribution in [1.29, 1.82) is 0 Å². The number of halogens is 3.